The Bertz CT molecular complexity index is 731. The highest BCUT2D eigenvalue weighted by molar-refractivity contribution is 7.47. The molecule has 0 heterocycles. The van der Waals surface area contributed by atoms with Crippen LogP contribution in [0.2, 0.25) is 0 Å². The number of phosphoric acid groups is 1. The monoisotopic (exact) mass is 622 g/mol. The van der Waals surface area contributed by atoms with Crippen molar-refractivity contribution in [1.29, 1.82) is 0 Å². The van der Waals surface area contributed by atoms with Crippen LogP contribution in [-0.2, 0) is 32.7 Å². The number of phosphoric ester groups is 1. The van der Waals surface area contributed by atoms with Crippen LogP contribution in [0.1, 0.15) is 136 Å². The minimum atomic E-state index is -4.59. The lowest BCUT2D eigenvalue weighted by atomic mass is 10.1. The lowest BCUT2D eigenvalue weighted by Gasteiger charge is -2.20. The molecule has 0 bridgehead atoms. The van der Waals surface area contributed by atoms with E-state index in [1.807, 2.05) is 6.92 Å². The lowest BCUT2D eigenvalue weighted by molar-refractivity contribution is -0.161. The van der Waals surface area contributed by atoms with Crippen molar-refractivity contribution in [3.05, 3.63) is 12.2 Å². The second-order valence-corrected chi connectivity index (χ2v) is 12.3. The summed E-state index contributed by atoms with van der Waals surface area (Å²) in [6.45, 7) is 2.12. The summed E-state index contributed by atoms with van der Waals surface area (Å²) in [4.78, 5) is 34.5. The van der Waals surface area contributed by atoms with E-state index in [0.29, 0.717) is 12.8 Å². The standard InChI is InChI=1S/C31H59O10P/c1-3-5-7-9-11-13-15-17-19-21-23-31(35)41-29(27-40-42(36,37)39-25-28(33)24-32)26-38-30(34)22-20-18-16-14-12-10-8-6-4-2/h3,5,28-29,32-33H,4,6-27H2,1-2H3,(H,36,37)/b5-3-/t28-,29+/m0/s1. The zero-order valence-electron chi connectivity index (χ0n) is 26.2. The van der Waals surface area contributed by atoms with Gasteiger partial charge in [0.15, 0.2) is 6.10 Å². The Morgan fingerprint density at radius 1 is 0.738 bits per heavy atom. The molecule has 3 N–H and O–H groups in total. The van der Waals surface area contributed by atoms with Gasteiger partial charge in [0.25, 0.3) is 0 Å². The van der Waals surface area contributed by atoms with Crippen LogP contribution in [0.5, 0.6) is 0 Å². The molecule has 0 spiro atoms. The summed E-state index contributed by atoms with van der Waals surface area (Å²) in [5.74, 6) is -0.937. The number of aliphatic hydroxyl groups excluding tert-OH is 2. The van der Waals surface area contributed by atoms with Crippen molar-refractivity contribution in [2.45, 2.75) is 148 Å². The van der Waals surface area contributed by atoms with Crippen molar-refractivity contribution >= 4 is 19.8 Å². The molecule has 248 valence electrons. The molecule has 0 radical (unpaired) electrons. The highest BCUT2D eigenvalue weighted by Gasteiger charge is 2.27. The summed E-state index contributed by atoms with van der Waals surface area (Å²) < 4.78 is 32.3. The van der Waals surface area contributed by atoms with Gasteiger partial charge in [-0.2, -0.15) is 0 Å². The van der Waals surface area contributed by atoms with Gasteiger partial charge in [0.1, 0.15) is 12.7 Å². The van der Waals surface area contributed by atoms with E-state index < -0.39 is 51.8 Å². The molecule has 0 rings (SSSR count). The number of carbonyl (C=O) groups excluding carboxylic acids is 2. The van der Waals surface area contributed by atoms with E-state index in [1.54, 1.807) is 0 Å². The summed E-state index contributed by atoms with van der Waals surface area (Å²) in [5, 5.41) is 18.2. The van der Waals surface area contributed by atoms with Gasteiger partial charge in [-0.15, -0.1) is 0 Å². The Balaban J connectivity index is 4.46. The molecular formula is C31H59O10P. The van der Waals surface area contributed by atoms with E-state index >= 15 is 0 Å². The number of unbranched alkanes of at least 4 members (excludes halogenated alkanes) is 15. The van der Waals surface area contributed by atoms with Crippen LogP contribution in [-0.4, -0.2) is 65.7 Å². The first-order valence-electron chi connectivity index (χ1n) is 16.1. The molecule has 0 aromatic carbocycles. The first-order valence-corrected chi connectivity index (χ1v) is 17.6. The van der Waals surface area contributed by atoms with Crippen molar-refractivity contribution in [2.75, 3.05) is 26.4 Å². The Hall–Kier alpha value is -1.29. The molecule has 42 heavy (non-hydrogen) atoms. The molecule has 0 aliphatic rings. The highest BCUT2D eigenvalue weighted by atomic mass is 31.2. The minimum absolute atomic E-state index is 0.181. The lowest BCUT2D eigenvalue weighted by Crippen LogP contribution is -2.29. The van der Waals surface area contributed by atoms with Crippen LogP contribution in [0, 0.1) is 0 Å². The molecule has 0 aromatic heterocycles. The third-order valence-electron chi connectivity index (χ3n) is 6.76. The average molecular weight is 623 g/mol. The quantitative estimate of drug-likeness (QED) is 0.0333. The van der Waals surface area contributed by atoms with E-state index in [0.717, 1.165) is 44.9 Å². The van der Waals surface area contributed by atoms with Gasteiger partial charge in [-0.3, -0.25) is 18.6 Å². The molecule has 0 amide bonds. The molecule has 10 nitrogen and oxygen atoms in total. The molecule has 0 saturated heterocycles. The maximum atomic E-state index is 12.4. The number of rotatable bonds is 30. The number of aliphatic hydroxyl groups is 2. The van der Waals surface area contributed by atoms with Crippen LogP contribution in [0.25, 0.3) is 0 Å². The second kappa shape index (κ2) is 28.5. The maximum absolute atomic E-state index is 12.4. The summed E-state index contributed by atoms with van der Waals surface area (Å²) in [6.07, 6.45) is 20.7. The minimum Gasteiger partial charge on any atom is -0.462 e. The normalized spacial score (nSPS) is 14.5. The number of hydrogen-bond acceptors (Lipinski definition) is 9. The van der Waals surface area contributed by atoms with Crippen LogP contribution < -0.4 is 0 Å². The van der Waals surface area contributed by atoms with Gasteiger partial charge in [0.05, 0.1) is 19.8 Å². The van der Waals surface area contributed by atoms with E-state index in [4.69, 9.17) is 19.1 Å². The Labute approximate surface area is 254 Å². The Morgan fingerprint density at radius 2 is 1.24 bits per heavy atom. The largest absolute Gasteiger partial charge is 0.472 e. The van der Waals surface area contributed by atoms with E-state index in [1.165, 1.54) is 51.4 Å². The average Bonchev–Trinajstić information content (AvgIpc) is 2.97. The van der Waals surface area contributed by atoms with Crippen LogP contribution >= 0.6 is 7.82 Å². The zero-order valence-corrected chi connectivity index (χ0v) is 27.1. The number of hydrogen-bond donors (Lipinski definition) is 3. The van der Waals surface area contributed by atoms with E-state index in [-0.39, 0.29) is 19.4 Å². The van der Waals surface area contributed by atoms with Crippen molar-refractivity contribution in [2.24, 2.45) is 0 Å². The predicted molar refractivity (Wildman–Crippen MR) is 164 cm³/mol. The third kappa shape index (κ3) is 27.5. The maximum Gasteiger partial charge on any atom is 0.472 e. The number of esters is 2. The summed E-state index contributed by atoms with van der Waals surface area (Å²) in [5.41, 5.74) is 0. The summed E-state index contributed by atoms with van der Waals surface area (Å²) in [6, 6.07) is 0. The first-order chi connectivity index (χ1) is 20.2. The molecule has 0 aliphatic heterocycles. The van der Waals surface area contributed by atoms with Gasteiger partial charge >= 0.3 is 19.8 Å². The van der Waals surface area contributed by atoms with Gasteiger partial charge in [0.2, 0.25) is 0 Å². The zero-order chi connectivity index (χ0) is 31.3. The summed E-state index contributed by atoms with van der Waals surface area (Å²) >= 11 is 0. The Kier molecular flexibility index (Phi) is 27.6. The topological polar surface area (TPSA) is 149 Å². The SMILES string of the molecule is C/C=C\CCCCCCCCCC(=O)O[C@H](COC(=O)CCCCCCCCCCC)COP(=O)(O)OC[C@@H](O)CO. The molecule has 0 saturated carbocycles. The van der Waals surface area contributed by atoms with Crippen molar-refractivity contribution < 1.29 is 47.8 Å². The number of allylic oxidation sites excluding steroid dienone is 2. The molecule has 0 aromatic rings. The summed E-state index contributed by atoms with van der Waals surface area (Å²) in [7, 11) is -4.59. The molecule has 3 atom stereocenters. The fourth-order valence-corrected chi connectivity index (χ4v) is 5.02. The van der Waals surface area contributed by atoms with E-state index in [9.17, 15) is 24.2 Å². The Morgan fingerprint density at radius 3 is 1.79 bits per heavy atom. The predicted octanol–water partition coefficient (Wildman–Crippen LogP) is 6.94. The fourth-order valence-electron chi connectivity index (χ4n) is 4.23. The van der Waals surface area contributed by atoms with Crippen molar-refractivity contribution in [3.8, 4) is 0 Å². The first kappa shape index (κ1) is 40.7. The smallest absolute Gasteiger partial charge is 0.462 e. The van der Waals surface area contributed by atoms with Gasteiger partial charge in [-0.1, -0.05) is 103 Å². The molecule has 1 unspecified atom stereocenters. The molecule has 0 fully saturated rings. The fraction of sp³-hybridized carbons (Fsp3) is 0.871. The van der Waals surface area contributed by atoms with Crippen molar-refractivity contribution in [1.82, 2.24) is 0 Å². The van der Waals surface area contributed by atoms with Crippen LogP contribution in [0.15, 0.2) is 12.2 Å². The van der Waals surface area contributed by atoms with Gasteiger partial charge in [0, 0.05) is 12.8 Å². The van der Waals surface area contributed by atoms with Crippen molar-refractivity contribution in [3.63, 3.8) is 0 Å². The molecule has 11 heteroatoms. The molecule has 0 aliphatic carbocycles. The van der Waals surface area contributed by atoms with Crippen LogP contribution in [0.3, 0.4) is 0 Å². The number of carbonyl (C=O) groups is 2. The number of ether oxygens (including phenoxy) is 2. The third-order valence-corrected chi connectivity index (χ3v) is 7.72. The van der Waals surface area contributed by atoms with Crippen LogP contribution in [0.4, 0.5) is 0 Å². The molecular weight excluding hydrogens is 563 g/mol. The van der Waals surface area contributed by atoms with E-state index in [2.05, 4.69) is 23.6 Å². The van der Waals surface area contributed by atoms with Gasteiger partial charge in [-0.25, -0.2) is 4.57 Å². The second-order valence-electron chi connectivity index (χ2n) is 10.9. The van der Waals surface area contributed by atoms with Gasteiger partial charge in [-0.05, 0) is 32.6 Å². The highest BCUT2D eigenvalue weighted by Crippen LogP contribution is 2.43. The van der Waals surface area contributed by atoms with Gasteiger partial charge < -0.3 is 24.6 Å².